The molecular formula is C14H9F3O3. The predicted octanol–water partition coefficient (Wildman–Crippen LogP) is 3.48. The highest BCUT2D eigenvalue weighted by atomic mass is 19.2. The minimum absolute atomic E-state index is 0.0165. The molecule has 2 aromatic rings. The summed E-state index contributed by atoms with van der Waals surface area (Å²) in [6.45, 7) is 0. The molecule has 104 valence electrons. The monoisotopic (exact) mass is 282 g/mol. The van der Waals surface area contributed by atoms with E-state index in [0.717, 1.165) is 12.1 Å². The maximum Gasteiger partial charge on any atom is 0.335 e. The summed E-state index contributed by atoms with van der Waals surface area (Å²) < 4.78 is 45.4. The van der Waals surface area contributed by atoms with E-state index in [1.807, 2.05) is 0 Å². The van der Waals surface area contributed by atoms with Gasteiger partial charge in [0.15, 0.2) is 23.2 Å². The van der Waals surface area contributed by atoms with Gasteiger partial charge in [0.25, 0.3) is 0 Å². The van der Waals surface area contributed by atoms with Crippen LogP contribution in [-0.4, -0.2) is 18.2 Å². The molecule has 0 saturated carbocycles. The first kappa shape index (κ1) is 13.9. The van der Waals surface area contributed by atoms with Crippen LogP contribution in [0.4, 0.5) is 13.2 Å². The second-order valence-corrected chi connectivity index (χ2v) is 3.97. The number of ether oxygens (including phenoxy) is 1. The molecule has 3 nitrogen and oxygen atoms in total. The first-order valence-electron chi connectivity index (χ1n) is 5.50. The molecule has 0 amide bonds. The fourth-order valence-electron chi connectivity index (χ4n) is 1.76. The fourth-order valence-corrected chi connectivity index (χ4v) is 1.76. The van der Waals surface area contributed by atoms with Crippen LogP contribution >= 0.6 is 0 Å². The van der Waals surface area contributed by atoms with E-state index in [2.05, 4.69) is 0 Å². The van der Waals surface area contributed by atoms with Crippen molar-refractivity contribution in [3.8, 4) is 16.9 Å². The van der Waals surface area contributed by atoms with Crippen molar-refractivity contribution in [2.24, 2.45) is 0 Å². The molecule has 0 heterocycles. The molecule has 2 rings (SSSR count). The number of halogens is 3. The Bertz CT molecular complexity index is 684. The van der Waals surface area contributed by atoms with Gasteiger partial charge < -0.3 is 9.84 Å². The van der Waals surface area contributed by atoms with Crippen molar-refractivity contribution >= 4 is 5.97 Å². The van der Waals surface area contributed by atoms with E-state index in [4.69, 9.17) is 9.84 Å². The van der Waals surface area contributed by atoms with Crippen molar-refractivity contribution in [3.63, 3.8) is 0 Å². The third-order valence-corrected chi connectivity index (χ3v) is 2.74. The lowest BCUT2D eigenvalue weighted by atomic mass is 10.0. The van der Waals surface area contributed by atoms with Gasteiger partial charge in [-0.15, -0.1) is 0 Å². The predicted molar refractivity (Wildman–Crippen MR) is 65.3 cm³/mol. The Balaban J connectivity index is 2.62. The van der Waals surface area contributed by atoms with Crippen molar-refractivity contribution in [2.45, 2.75) is 0 Å². The van der Waals surface area contributed by atoms with E-state index in [1.54, 1.807) is 0 Å². The molecule has 0 aliphatic rings. The Morgan fingerprint density at radius 3 is 2.35 bits per heavy atom. The van der Waals surface area contributed by atoms with Crippen molar-refractivity contribution in [2.75, 3.05) is 7.11 Å². The first-order chi connectivity index (χ1) is 9.43. The van der Waals surface area contributed by atoms with E-state index >= 15 is 0 Å². The van der Waals surface area contributed by atoms with Gasteiger partial charge in [-0.25, -0.2) is 18.0 Å². The molecule has 0 atom stereocenters. The van der Waals surface area contributed by atoms with Crippen LogP contribution in [0.5, 0.6) is 5.75 Å². The molecular weight excluding hydrogens is 273 g/mol. The number of hydrogen-bond acceptors (Lipinski definition) is 2. The van der Waals surface area contributed by atoms with E-state index in [-0.39, 0.29) is 16.9 Å². The van der Waals surface area contributed by atoms with Gasteiger partial charge in [0, 0.05) is 5.56 Å². The summed E-state index contributed by atoms with van der Waals surface area (Å²) in [7, 11) is 1.27. The molecule has 0 saturated heterocycles. The van der Waals surface area contributed by atoms with Gasteiger partial charge in [0.05, 0.1) is 12.7 Å². The maximum absolute atomic E-state index is 13.7. The van der Waals surface area contributed by atoms with E-state index in [1.165, 1.54) is 19.2 Å². The highest BCUT2D eigenvalue weighted by molar-refractivity contribution is 5.89. The van der Waals surface area contributed by atoms with Crippen LogP contribution in [0.15, 0.2) is 30.3 Å². The van der Waals surface area contributed by atoms with Crippen LogP contribution in [0.1, 0.15) is 10.4 Å². The van der Waals surface area contributed by atoms with Gasteiger partial charge in [-0.3, -0.25) is 0 Å². The summed E-state index contributed by atoms with van der Waals surface area (Å²) in [5.41, 5.74) is -0.734. The molecule has 0 fully saturated rings. The third-order valence-electron chi connectivity index (χ3n) is 2.74. The van der Waals surface area contributed by atoms with Crippen molar-refractivity contribution in [1.29, 1.82) is 0 Å². The Kier molecular flexibility index (Phi) is 3.65. The molecule has 1 N–H and O–H groups in total. The third kappa shape index (κ3) is 2.45. The number of aromatic carboxylic acids is 1. The maximum atomic E-state index is 13.7. The van der Waals surface area contributed by atoms with E-state index in [9.17, 15) is 18.0 Å². The molecule has 0 radical (unpaired) electrons. The highest BCUT2D eigenvalue weighted by Crippen LogP contribution is 2.29. The summed E-state index contributed by atoms with van der Waals surface area (Å²) >= 11 is 0. The normalized spacial score (nSPS) is 10.4. The zero-order valence-electron chi connectivity index (χ0n) is 10.3. The van der Waals surface area contributed by atoms with Crippen molar-refractivity contribution in [1.82, 2.24) is 0 Å². The molecule has 20 heavy (non-hydrogen) atoms. The summed E-state index contributed by atoms with van der Waals surface area (Å²) in [5.74, 6) is -4.76. The number of hydrogen-bond donors (Lipinski definition) is 1. The van der Waals surface area contributed by atoms with E-state index < -0.39 is 29.0 Å². The van der Waals surface area contributed by atoms with Gasteiger partial charge in [0.1, 0.15) is 0 Å². The molecule has 2 aromatic carbocycles. The minimum atomic E-state index is -1.40. The lowest BCUT2D eigenvalue weighted by Gasteiger charge is -2.08. The zero-order valence-corrected chi connectivity index (χ0v) is 10.3. The Labute approximate surface area is 112 Å². The topological polar surface area (TPSA) is 46.5 Å². The number of carboxylic acid groups (broad SMARTS) is 1. The summed E-state index contributed by atoms with van der Waals surface area (Å²) in [4.78, 5) is 10.8. The lowest BCUT2D eigenvalue weighted by molar-refractivity contribution is 0.0696. The largest absolute Gasteiger partial charge is 0.494 e. The fraction of sp³-hybridized carbons (Fsp3) is 0.0714. The zero-order chi connectivity index (χ0) is 14.9. The minimum Gasteiger partial charge on any atom is -0.494 e. The molecule has 0 aromatic heterocycles. The smallest absolute Gasteiger partial charge is 0.335 e. The molecule has 0 aliphatic carbocycles. The highest BCUT2D eigenvalue weighted by Gasteiger charge is 2.17. The number of methoxy groups -OCH3 is 1. The van der Waals surface area contributed by atoms with Crippen LogP contribution in [-0.2, 0) is 0 Å². The standard InChI is InChI=1S/C14H9F3O3/c1-20-12-3-2-7(5-10(12)15)9-4-8(14(18)19)6-11(16)13(9)17/h2-6H,1H3,(H,18,19). The average Bonchev–Trinajstić information content (AvgIpc) is 2.41. The van der Waals surface area contributed by atoms with Crippen LogP contribution in [0, 0.1) is 17.5 Å². The number of carbonyl (C=O) groups is 1. The van der Waals surface area contributed by atoms with Gasteiger partial charge in [-0.05, 0) is 29.8 Å². The van der Waals surface area contributed by atoms with Crippen LogP contribution in [0.2, 0.25) is 0 Å². The SMILES string of the molecule is COc1ccc(-c2cc(C(=O)O)cc(F)c2F)cc1F. The molecule has 0 unspecified atom stereocenters. The second-order valence-electron chi connectivity index (χ2n) is 3.97. The van der Waals surface area contributed by atoms with Crippen LogP contribution in [0.25, 0.3) is 11.1 Å². The summed E-state index contributed by atoms with van der Waals surface area (Å²) in [6, 6.07) is 5.02. The number of rotatable bonds is 3. The van der Waals surface area contributed by atoms with Gasteiger partial charge >= 0.3 is 5.97 Å². The van der Waals surface area contributed by atoms with Crippen molar-refractivity contribution in [3.05, 3.63) is 53.3 Å². The Morgan fingerprint density at radius 2 is 1.80 bits per heavy atom. The first-order valence-corrected chi connectivity index (χ1v) is 5.50. The molecule has 6 heteroatoms. The quantitative estimate of drug-likeness (QED) is 0.937. The van der Waals surface area contributed by atoms with Gasteiger partial charge in [-0.1, -0.05) is 6.07 Å². The van der Waals surface area contributed by atoms with Gasteiger partial charge in [-0.2, -0.15) is 0 Å². The number of carboxylic acids is 1. The van der Waals surface area contributed by atoms with Crippen LogP contribution < -0.4 is 4.74 Å². The van der Waals surface area contributed by atoms with Crippen LogP contribution in [0.3, 0.4) is 0 Å². The van der Waals surface area contributed by atoms with Gasteiger partial charge in [0.2, 0.25) is 0 Å². The molecule has 0 spiro atoms. The molecule has 0 aliphatic heterocycles. The summed E-state index contributed by atoms with van der Waals surface area (Å²) in [5, 5.41) is 8.83. The van der Waals surface area contributed by atoms with Crippen molar-refractivity contribution < 1.29 is 27.8 Å². The Hall–Kier alpha value is -2.50. The van der Waals surface area contributed by atoms with E-state index in [0.29, 0.717) is 6.07 Å². The summed E-state index contributed by atoms with van der Waals surface area (Å²) in [6.07, 6.45) is 0. The lowest BCUT2D eigenvalue weighted by Crippen LogP contribution is -2.01. The average molecular weight is 282 g/mol. The Morgan fingerprint density at radius 1 is 1.10 bits per heavy atom. The molecule has 0 bridgehead atoms. The second kappa shape index (κ2) is 5.24. The number of benzene rings is 2.